The summed E-state index contributed by atoms with van der Waals surface area (Å²) in [4.78, 5) is 33.1. The molecule has 2 amide bonds. The summed E-state index contributed by atoms with van der Waals surface area (Å²) in [5, 5.41) is 0. The number of pyridine rings is 1. The summed E-state index contributed by atoms with van der Waals surface area (Å²) >= 11 is 0. The molecule has 1 aromatic heterocycles. The largest absolute Gasteiger partial charge is 0.329 e. The molecular weight excluding hydrogens is 254 g/mol. The number of anilines is 1. The Hall–Kier alpha value is -1.91. The van der Waals surface area contributed by atoms with E-state index in [9.17, 15) is 9.59 Å². The van der Waals surface area contributed by atoms with Crippen LogP contribution in [0.1, 0.15) is 31.9 Å². The molecule has 5 heteroatoms. The minimum atomic E-state index is -0.389. The van der Waals surface area contributed by atoms with Gasteiger partial charge in [0.25, 0.3) is 5.91 Å². The van der Waals surface area contributed by atoms with Gasteiger partial charge in [-0.25, -0.2) is 0 Å². The zero-order valence-corrected chi connectivity index (χ0v) is 11.9. The molecule has 1 aromatic rings. The smallest absolute Gasteiger partial charge is 0.250 e. The Morgan fingerprint density at radius 2 is 2.15 bits per heavy atom. The first-order chi connectivity index (χ1) is 9.65. The Bertz CT molecular complexity index is 558. The average Bonchev–Trinajstić information content (AvgIpc) is 2.93. The van der Waals surface area contributed by atoms with Gasteiger partial charge in [-0.05, 0) is 38.3 Å². The summed E-state index contributed by atoms with van der Waals surface area (Å²) in [6.45, 7) is 4.54. The molecule has 0 bridgehead atoms. The number of carbonyl (C=O) groups is 2. The monoisotopic (exact) mass is 273 g/mol. The Labute approximate surface area is 118 Å². The predicted molar refractivity (Wildman–Crippen MR) is 75.3 cm³/mol. The highest BCUT2D eigenvalue weighted by Gasteiger charge is 2.47. The third-order valence-corrected chi connectivity index (χ3v) is 4.28. The summed E-state index contributed by atoms with van der Waals surface area (Å²) in [5.74, 6) is 0.128. The Morgan fingerprint density at radius 3 is 2.85 bits per heavy atom. The first-order valence-electron chi connectivity index (χ1n) is 7.20. The van der Waals surface area contributed by atoms with Crippen LogP contribution < -0.4 is 4.90 Å². The zero-order chi connectivity index (χ0) is 14.3. The van der Waals surface area contributed by atoms with Crippen molar-refractivity contribution in [2.24, 2.45) is 0 Å². The number of piperazine rings is 1. The number of amides is 2. The number of hydrogen-bond donors (Lipinski definition) is 0. The number of rotatable bonds is 2. The van der Waals surface area contributed by atoms with Crippen LogP contribution in [-0.2, 0) is 9.59 Å². The van der Waals surface area contributed by atoms with Crippen molar-refractivity contribution in [3.63, 3.8) is 0 Å². The van der Waals surface area contributed by atoms with Crippen LogP contribution in [0.5, 0.6) is 0 Å². The molecule has 2 saturated heterocycles. The maximum absolute atomic E-state index is 12.8. The molecule has 106 valence electrons. The van der Waals surface area contributed by atoms with Crippen LogP contribution in [-0.4, -0.2) is 40.3 Å². The van der Waals surface area contributed by atoms with Gasteiger partial charge in [0.1, 0.15) is 12.1 Å². The van der Waals surface area contributed by atoms with Crippen molar-refractivity contribution in [1.29, 1.82) is 0 Å². The second-order valence-electron chi connectivity index (χ2n) is 5.43. The zero-order valence-electron chi connectivity index (χ0n) is 11.9. The number of nitrogens with zero attached hydrogens (tertiary/aromatic N) is 3. The molecule has 2 atom stereocenters. The fourth-order valence-corrected chi connectivity index (χ4v) is 3.28. The molecule has 2 aliphatic heterocycles. The summed E-state index contributed by atoms with van der Waals surface area (Å²) < 4.78 is 0. The molecular formula is C15H19N3O2. The summed E-state index contributed by atoms with van der Waals surface area (Å²) in [6, 6.07) is 3.03. The van der Waals surface area contributed by atoms with E-state index in [4.69, 9.17) is 0 Å². The van der Waals surface area contributed by atoms with Crippen LogP contribution in [0.15, 0.2) is 18.3 Å². The van der Waals surface area contributed by atoms with Crippen LogP contribution in [0, 0.1) is 6.92 Å². The van der Waals surface area contributed by atoms with Crippen molar-refractivity contribution >= 4 is 17.5 Å². The number of hydrogen-bond acceptors (Lipinski definition) is 3. The van der Waals surface area contributed by atoms with Crippen LogP contribution >= 0.6 is 0 Å². The van der Waals surface area contributed by atoms with E-state index in [0.29, 0.717) is 13.0 Å². The van der Waals surface area contributed by atoms with E-state index in [1.807, 2.05) is 26.0 Å². The van der Waals surface area contributed by atoms with E-state index in [1.165, 1.54) is 0 Å². The molecule has 3 rings (SSSR count). The van der Waals surface area contributed by atoms with Crippen LogP contribution in [0.25, 0.3) is 0 Å². The van der Waals surface area contributed by atoms with Gasteiger partial charge in [-0.2, -0.15) is 0 Å². The molecule has 2 aliphatic rings. The second kappa shape index (κ2) is 4.89. The van der Waals surface area contributed by atoms with Crippen molar-refractivity contribution in [2.45, 2.75) is 45.2 Å². The Kier molecular flexibility index (Phi) is 3.20. The highest BCUT2D eigenvalue weighted by molar-refractivity contribution is 6.08. The third kappa shape index (κ3) is 1.80. The van der Waals surface area contributed by atoms with Gasteiger partial charge in [0.2, 0.25) is 5.91 Å². The Balaban J connectivity index is 2.05. The van der Waals surface area contributed by atoms with E-state index in [2.05, 4.69) is 4.98 Å². The molecule has 0 aliphatic carbocycles. The van der Waals surface area contributed by atoms with E-state index >= 15 is 0 Å². The van der Waals surface area contributed by atoms with Gasteiger partial charge < -0.3 is 4.90 Å². The average molecular weight is 273 g/mol. The molecule has 2 unspecified atom stereocenters. The van der Waals surface area contributed by atoms with Gasteiger partial charge in [0.05, 0.1) is 11.4 Å². The third-order valence-electron chi connectivity index (χ3n) is 4.28. The SMILES string of the molecule is CCC1C(=O)N2CCCC2C(=O)N1c1cccnc1C. The summed E-state index contributed by atoms with van der Waals surface area (Å²) in [7, 11) is 0. The highest BCUT2D eigenvalue weighted by atomic mass is 16.2. The van der Waals surface area contributed by atoms with Crippen molar-refractivity contribution in [1.82, 2.24) is 9.88 Å². The minimum absolute atomic E-state index is 0.0463. The lowest BCUT2D eigenvalue weighted by atomic mass is 10.0. The second-order valence-corrected chi connectivity index (χ2v) is 5.43. The van der Waals surface area contributed by atoms with Crippen molar-refractivity contribution in [2.75, 3.05) is 11.4 Å². The molecule has 0 N–H and O–H groups in total. The molecule has 0 radical (unpaired) electrons. The van der Waals surface area contributed by atoms with Crippen molar-refractivity contribution < 1.29 is 9.59 Å². The molecule has 0 saturated carbocycles. The summed E-state index contributed by atoms with van der Waals surface area (Å²) in [5.41, 5.74) is 1.56. The number of aryl methyl sites for hydroxylation is 1. The van der Waals surface area contributed by atoms with E-state index in [0.717, 1.165) is 24.2 Å². The van der Waals surface area contributed by atoms with Crippen molar-refractivity contribution in [3.8, 4) is 0 Å². The predicted octanol–water partition coefficient (Wildman–Crippen LogP) is 1.51. The molecule has 3 heterocycles. The molecule has 2 fully saturated rings. The maximum Gasteiger partial charge on any atom is 0.250 e. The van der Waals surface area contributed by atoms with Gasteiger partial charge in [-0.3, -0.25) is 19.5 Å². The van der Waals surface area contributed by atoms with Crippen molar-refractivity contribution in [3.05, 3.63) is 24.0 Å². The van der Waals surface area contributed by atoms with Gasteiger partial charge in [0, 0.05) is 12.7 Å². The van der Waals surface area contributed by atoms with Crippen LogP contribution in [0.4, 0.5) is 5.69 Å². The molecule has 20 heavy (non-hydrogen) atoms. The number of carbonyl (C=O) groups excluding carboxylic acids is 2. The standard InChI is InChI=1S/C15H19N3O2/c1-3-11-14(19)17-9-5-7-13(17)15(20)18(11)12-6-4-8-16-10(12)2/h4,6,8,11,13H,3,5,7,9H2,1-2H3. The van der Waals surface area contributed by atoms with Gasteiger partial charge in [-0.15, -0.1) is 0 Å². The number of fused-ring (bicyclic) bond motifs is 1. The molecule has 0 spiro atoms. The lowest BCUT2D eigenvalue weighted by Gasteiger charge is -2.42. The fourth-order valence-electron chi connectivity index (χ4n) is 3.28. The van der Waals surface area contributed by atoms with Crippen LogP contribution in [0.3, 0.4) is 0 Å². The maximum atomic E-state index is 12.8. The Morgan fingerprint density at radius 1 is 1.35 bits per heavy atom. The number of aromatic nitrogens is 1. The topological polar surface area (TPSA) is 53.5 Å². The van der Waals surface area contributed by atoms with E-state index in [-0.39, 0.29) is 23.9 Å². The fraction of sp³-hybridized carbons (Fsp3) is 0.533. The molecule has 5 nitrogen and oxygen atoms in total. The van der Waals surface area contributed by atoms with Gasteiger partial charge >= 0.3 is 0 Å². The van der Waals surface area contributed by atoms with E-state index in [1.54, 1.807) is 16.0 Å². The lowest BCUT2D eigenvalue weighted by molar-refractivity contribution is -0.144. The van der Waals surface area contributed by atoms with Crippen LogP contribution in [0.2, 0.25) is 0 Å². The van der Waals surface area contributed by atoms with Gasteiger partial charge in [0.15, 0.2) is 0 Å². The minimum Gasteiger partial charge on any atom is -0.329 e. The van der Waals surface area contributed by atoms with E-state index < -0.39 is 0 Å². The highest BCUT2D eigenvalue weighted by Crippen LogP contribution is 2.32. The summed E-state index contributed by atoms with van der Waals surface area (Å²) in [6.07, 6.45) is 4.02. The molecule has 0 aromatic carbocycles. The quantitative estimate of drug-likeness (QED) is 0.820. The first-order valence-corrected chi connectivity index (χ1v) is 7.20. The lowest BCUT2D eigenvalue weighted by Crippen LogP contribution is -2.63. The first kappa shape index (κ1) is 13.1. The van der Waals surface area contributed by atoms with Gasteiger partial charge in [-0.1, -0.05) is 6.92 Å². The normalized spacial score (nSPS) is 26.1.